The molecule has 12 aromatic rings. The first-order chi connectivity index (χ1) is 30.7. The van der Waals surface area contributed by atoms with Crippen LogP contribution in [-0.4, -0.2) is 14.8 Å². The monoisotopic (exact) mass is 791 g/mol. The molecule has 0 saturated heterocycles. The highest BCUT2D eigenvalue weighted by Crippen LogP contribution is 2.39. The lowest BCUT2D eigenvalue weighted by molar-refractivity contribution is 0.584. The van der Waals surface area contributed by atoms with Crippen LogP contribution in [0.5, 0.6) is 0 Å². The SMILES string of the molecule is c1ccc(-c2nnc(-c3ccc(-n4c5ccc(-c6ccc(-c7ccc8ccccc8c7)cc6)cc5c5cc(-c6ccc(-c7ccc8ccccc8c7)cc6)ccc54)cc3)o2)cc1. The molecule has 0 aliphatic heterocycles. The molecule has 12 rings (SSSR count). The van der Waals surface area contributed by atoms with E-state index in [1.54, 1.807) is 0 Å². The third-order valence-corrected chi connectivity index (χ3v) is 12.2. The summed E-state index contributed by atoms with van der Waals surface area (Å²) >= 11 is 0. The maximum atomic E-state index is 6.11. The van der Waals surface area contributed by atoms with Gasteiger partial charge >= 0.3 is 0 Å². The number of hydrogen-bond acceptors (Lipinski definition) is 3. The van der Waals surface area contributed by atoms with Crippen molar-refractivity contribution >= 4 is 43.4 Å². The van der Waals surface area contributed by atoms with Crippen molar-refractivity contribution in [2.24, 2.45) is 0 Å². The van der Waals surface area contributed by atoms with Crippen molar-refractivity contribution in [2.45, 2.75) is 0 Å². The molecule has 2 aromatic heterocycles. The zero-order valence-electron chi connectivity index (χ0n) is 33.6. The Morgan fingerprint density at radius 2 is 0.629 bits per heavy atom. The molecule has 0 radical (unpaired) electrons. The molecule has 0 unspecified atom stereocenters. The van der Waals surface area contributed by atoms with Crippen LogP contribution in [0.2, 0.25) is 0 Å². The fourth-order valence-corrected chi connectivity index (χ4v) is 8.90. The summed E-state index contributed by atoms with van der Waals surface area (Å²) in [6.07, 6.45) is 0. The fraction of sp³-hybridized carbons (Fsp3) is 0. The van der Waals surface area contributed by atoms with Gasteiger partial charge in [0.1, 0.15) is 0 Å². The second-order valence-corrected chi connectivity index (χ2v) is 15.9. The third kappa shape index (κ3) is 6.34. The molecule has 4 nitrogen and oxygen atoms in total. The summed E-state index contributed by atoms with van der Waals surface area (Å²) in [6, 6.07) is 80.3. The van der Waals surface area contributed by atoms with E-state index in [0.29, 0.717) is 11.8 Å². The van der Waals surface area contributed by atoms with Crippen LogP contribution in [0, 0.1) is 0 Å². The van der Waals surface area contributed by atoms with E-state index in [2.05, 4.69) is 209 Å². The van der Waals surface area contributed by atoms with Gasteiger partial charge < -0.3 is 8.98 Å². The van der Waals surface area contributed by atoms with Crippen molar-refractivity contribution in [1.82, 2.24) is 14.8 Å². The molecule has 0 amide bonds. The Hall–Kier alpha value is -8.34. The van der Waals surface area contributed by atoms with Crippen molar-refractivity contribution < 1.29 is 4.42 Å². The Bertz CT molecular complexity index is 3420. The first-order valence-electron chi connectivity index (χ1n) is 21.0. The maximum absolute atomic E-state index is 6.11. The van der Waals surface area contributed by atoms with Gasteiger partial charge in [-0.2, -0.15) is 0 Å². The fourth-order valence-electron chi connectivity index (χ4n) is 8.90. The molecule has 62 heavy (non-hydrogen) atoms. The molecule has 10 aromatic carbocycles. The summed E-state index contributed by atoms with van der Waals surface area (Å²) in [4.78, 5) is 0. The number of nitrogens with zero attached hydrogens (tertiary/aromatic N) is 3. The van der Waals surface area contributed by atoms with Gasteiger partial charge in [0.25, 0.3) is 0 Å². The van der Waals surface area contributed by atoms with E-state index in [1.807, 2.05) is 30.3 Å². The van der Waals surface area contributed by atoms with Crippen LogP contribution in [0.4, 0.5) is 0 Å². The predicted molar refractivity (Wildman–Crippen MR) is 256 cm³/mol. The quantitative estimate of drug-likeness (QED) is 0.161. The highest BCUT2D eigenvalue weighted by molar-refractivity contribution is 6.11. The summed E-state index contributed by atoms with van der Waals surface area (Å²) in [5, 5.41) is 16.1. The lowest BCUT2D eigenvalue weighted by atomic mass is 9.96. The van der Waals surface area contributed by atoms with Crippen molar-refractivity contribution in [2.75, 3.05) is 0 Å². The minimum Gasteiger partial charge on any atom is -0.416 e. The van der Waals surface area contributed by atoms with Gasteiger partial charge in [0, 0.05) is 27.6 Å². The lowest BCUT2D eigenvalue weighted by Crippen LogP contribution is -1.94. The van der Waals surface area contributed by atoms with Gasteiger partial charge in [-0.05, 0) is 139 Å². The van der Waals surface area contributed by atoms with E-state index < -0.39 is 0 Å². The third-order valence-electron chi connectivity index (χ3n) is 12.2. The number of aromatic nitrogens is 3. The van der Waals surface area contributed by atoms with Crippen LogP contribution >= 0.6 is 0 Å². The van der Waals surface area contributed by atoms with E-state index in [9.17, 15) is 0 Å². The van der Waals surface area contributed by atoms with Gasteiger partial charge in [-0.15, -0.1) is 10.2 Å². The Kier molecular flexibility index (Phi) is 8.46. The van der Waals surface area contributed by atoms with Gasteiger partial charge in [0.2, 0.25) is 11.8 Å². The molecule has 290 valence electrons. The number of rotatable bonds is 7. The highest BCUT2D eigenvalue weighted by Gasteiger charge is 2.17. The van der Waals surface area contributed by atoms with Gasteiger partial charge in [-0.3, -0.25) is 0 Å². The van der Waals surface area contributed by atoms with Gasteiger partial charge in [-0.25, -0.2) is 0 Å². The molecule has 0 saturated carbocycles. The Morgan fingerprint density at radius 1 is 0.274 bits per heavy atom. The summed E-state index contributed by atoms with van der Waals surface area (Å²) in [6.45, 7) is 0. The van der Waals surface area contributed by atoms with Crippen molar-refractivity contribution in [3.05, 3.63) is 224 Å². The molecule has 2 heterocycles. The summed E-state index contributed by atoms with van der Waals surface area (Å²) in [5.41, 5.74) is 14.6. The average molecular weight is 792 g/mol. The van der Waals surface area contributed by atoms with E-state index in [1.165, 1.54) is 76.8 Å². The maximum Gasteiger partial charge on any atom is 0.248 e. The summed E-state index contributed by atoms with van der Waals surface area (Å²) in [5.74, 6) is 0.996. The molecular formula is C58H37N3O. The topological polar surface area (TPSA) is 43.9 Å². The van der Waals surface area contributed by atoms with Crippen LogP contribution in [0.1, 0.15) is 0 Å². The summed E-state index contributed by atoms with van der Waals surface area (Å²) < 4.78 is 8.47. The number of benzene rings is 10. The first kappa shape index (κ1) is 35.6. The van der Waals surface area contributed by atoms with Gasteiger partial charge in [0.05, 0.1) is 11.0 Å². The van der Waals surface area contributed by atoms with Crippen molar-refractivity contribution in [3.63, 3.8) is 0 Å². The highest BCUT2D eigenvalue weighted by atomic mass is 16.4. The molecule has 0 fully saturated rings. The molecule has 0 spiro atoms. The van der Waals surface area contributed by atoms with Crippen LogP contribution in [0.15, 0.2) is 229 Å². The molecule has 4 heteroatoms. The Balaban J connectivity index is 0.933. The number of fused-ring (bicyclic) bond motifs is 5. The van der Waals surface area contributed by atoms with E-state index in [4.69, 9.17) is 4.42 Å². The lowest BCUT2D eigenvalue weighted by Gasteiger charge is -2.10. The average Bonchev–Trinajstić information content (AvgIpc) is 3.98. The van der Waals surface area contributed by atoms with E-state index in [0.717, 1.165) is 27.8 Å². The molecule has 0 aliphatic rings. The smallest absolute Gasteiger partial charge is 0.248 e. The van der Waals surface area contributed by atoms with E-state index in [-0.39, 0.29) is 0 Å². The minimum absolute atomic E-state index is 0.491. The van der Waals surface area contributed by atoms with Gasteiger partial charge in [0.15, 0.2) is 0 Å². The second-order valence-electron chi connectivity index (χ2n) is 15.9. The minimum atomic E-state index is 0.491. The molecule has 0 bridgehead atoms. The zero-order valence-corrected chi connectivity index (χ0v) is 33.6. The Morgan fingerprint density at radius 3 is 1.10 bits per heavy atom. The Labute approximate surface area is 358 Å². The summed E-state index contributed by atoms with van der Waals surface area (Å²) in [7, 11) is 0. The van der Waals surface area contributed by atoms with Crippen molar-refractivity contribution in [3.8, 4) is 73.1 Å². The van der Waals surface area contributed by atoms with Crippen molar-refractivity contribution in [1.29, 1.82) is 0 Å². The predicted octanol–water partition coefficient (Wildman–Crippen LogP) is 15.5. The number of hydrogen-bond donors (Lipinski definition) is 0. The molecular weight excluding hydrogens is 755 g/mol. The van der Waals surface area contributed by atoms with E-state index >= 15 is 0 Å². The molecule has 0 aliphatic carbocycles. The van der Waals surface area contributed by atoms with Crippen LogP contribution in [0.25, 0.3) is 116 Å². The second kappa shape index (κ2) is 14.7. The normalized spacial score (nSPS) is 11.5. The standard InChI is InChI=1S/C58H37N3O/c1-2-10-44(11-3-1)57-59-60-58(62-57)45-26-30-52(31-27-45)61-55-32-28-50(42-18-14-40(15-19-42)48-24-22-38-8-4-6-12-46(38)34-48)36-53(55)54-37-51(29-33-56(54)61)43-20-16-41(17-21-43)49-25-23-39-9-5-7-13-47(39)35-49/h1-37H. The first-order valence-corrected chi connectivity index (χ1v) is 21.0. The molecule has 0 N–H and O–H groups in total. The van der Waals surface area contributed by atoms with Crippen LogP contribution < -0.4 is 0 Å². The molecule has 0 atom stereocenters. The van der Waals surface area contributed by atoms with Crippen LogP contribution in [-0.2, 0) is 0 Å². The largest absolute Gasteiger partial charge is 0.416 e. The van der Waals surface area contributed by atoms with Gasteiger partial charge in [-0.1, -0.05) is 152 Å². The van der Waals surface area contributed by atoms with Crippen LogP contribution in [0.3, 0.4) is 0 Å². The zero-order chi connectivity index (χ0) is 41.0.